The molecule has 2 N–H and O–H groups in total. The summed E-state index contributed by atoms with van der Waals surface area (Å²) in [4.78, 5) is 12.7. The van der Waals surface area contributed by atoms with Gasteiger partial charge in [-0.05, 0) is 41.9 Å². The average molecular weight is 277 g/mol. The van der Waals surface area contributed by atoms with E-state index < -0.39 is 5.41 Å². The van der Waals surface area contributed by atoms with Crippen molar-refractivity contribution in [2.45, 2.75) is 19.3 Å². The lowest BCUT2D eigenvalue weighted by Gasteiger charge is -2.21. The zero-order valence-electron chi connectivity index (χ0n) is 8.35. The van der Waals surface area contributed by atoms with Crippen molar-refractivity contribution in [2.75, 3.05) is 7.05 Å². The summed E-state index contributed by atoms with van der Waals surface area (Å²) in [7, 11) is 1.68. The fourth-order valence-corrected chi connectivity index (χ4v) is 2.52. The highest BCUT2D eigenvalue weighted by molar-refractivity contribution is 9.11. The Bertz CT molecular complexity index is 335. The molecule has 0 fully saturated rings. The molecule has 5 heteroatoms. The topological polar surface area (TPSA) is 41.1 Å². The van der Waals surface area contributed by atoms with Gasteiger partial charge < -0.3 is 0 Å². The van der Waals surface area contributed by atoms with Gasteiger partial charge in [-0.25, -0.2) is 5.43 Å². The molecule has 1 rings (SSSR count). The predicted molar refractivity (Wildman–Crippen MR) is 62.2 cm³/mol. The van der Waals surface area contributed by atoms with Crippen LogP contribution in [0.4, 0.5) is 0 Å². The summed E-state index contributed by atoms with van der Waals surface area (Å²) in [6.07, 6.45) is 0. The number of carbonyl (C=O) groups is 1. The van der Waals surface area contributed by atoms with Crippen LogP contribution >= 0.6 is 27.3 Å². The number of carbonyl (C=O) groups excluding carboxylic acids is 1. The van der Waals surface area contributed by atoms with Gasteiger partial charge in [0.2, 0.25) is 5.91 Å². The summed E-state index contributed by atoms with van der Waals surface area (Å²) < 4.78 is 1.04. The summed E-state index contributed by atoms with van der Waals surface area (Å²) in [5.74, 6) is -0.0330. The minimum atomic E-state index is -0.500. The molecule has 0 bridgehead atoms. The minimum absolute atomic E-state index is 0.0330. The molecule has 1 aromatic rings. The van der Waals surface area contributed by atoms with E-state index in [0.29, 0.717) is 0 Å². The molecule has 0 saturated carbocycles. The number of nitrogens with one attached hydrogen (secondary N) is 2. The molecule has 1 aromatic heterocycles. The van der Waals surface area contributed by atoms with Crippen molar-refractivity contribution in [2.24, 2.45) is 0 Å². The lowest BCUT2D eigenvalue weighted by atomic mass is 9.91. The molecule has 14 heavy (non-hydrogen) atoms. The Morgan fingerprint density at radius 3 is 2.57 bits per heavy atom. The maximum absolute atomic E-state index is 11.7. The van der Waals surface area contributed by atoms with Crippen LogP contribution in [0.3, 0.4) is 0 Å². The summed E-state index contributed by atoms with van der Waals surface area (Å²) in [6.45, 7) is 3.80. The maximum atomic E-state index is 11.7. The van der Waals surface area contributed by atoms with E-state index in [2.05, 4.69) is 26.8 Å². The molecule has 0 saturated heterocycles. The third kappa shape index (κ3) is 2.34. The fourth-order valence-electron chi connectivity index (χ4n) is 1.03. The smallest absolute Gasteiger partial charge is 0.244 e. The molecule has 0 aliphatic carbocycles. The van der Waals surface area contributed by atoms with Gasteiger partial charge in [-0.1, -0.05) is 0 Å². The SMILES string of the molecule is CNNC(=O)C(C)(C)c1ccc(Br)s1. The number of halogens is 1. The zero-order valence-corrected chi connectivity index (χ0v) is 10.8. The molecular formula is C9H13BrN2OS. The Kier molecular flexibility index (Phi) is 3.69. The molecule has 1 amide bonds. The maximum Gasteiger partial charge on any atom is 0.244 e. The van der Waals surface area contributed by atoms with E-state index in [1.54, 1.807) is 18.4 Å². The Balaban J connectivity index is 2.89. The summed E-state index contributed by atoms with van der Waals surface area (Å²) in [5.41, 5.74) is 4.74. The Hall–Kier alpha value is -0.390. The molecule has 0 aliphatic rings. The lowest BCUT2D eigenvalue weighted by Crippen LogP contribution is -2.45. The van der Waals surface area contributed by atoms with Gasteiger partial charge in [0.15, 0.2) is 0 Å². The first kappa shape index (κ1) is 11.7. The monoisotopic (exact) mass is 276 g/mol. The van der Waals surface area contributed by atoms with Crippen LogP contribution in [-0.2, 0) is 10.2 Å². The molecule has 0 aromatic carbocycles. The fraction of sp³-hybridized carbons (Fsp3) is 0.444. The van der Waals surface area contributed by atoms with Gasteiger partial charge >= 0.3 is 0 Å². The molecular weight excluding hydrogens is 264 g/mol. The van der Waals surface area contributed by atoms with E-state index >= 15 is 0 Å². The molecule has 1 heterocycles. The number of thiophene rings is 1. The summed E-state index contributed by atoms with van der Waals surface area (Å²) in [5, 5.41) is 0. The van der Waals surface area contributed by atoms with Crippen LogP contribution in [0.1, 0.15) is 18.7 Å². The van der Waals surface area contributed by atoms with Gasteiger partial charge in [-0.2, -0.15) is 0 Å². The van der Waals surface area contributed by atoms with Gasteiger partial charge in [0, 0.05) is 11.9 Å². The van der Waals surface area contributed by atoms with E-state index in [9.17, 15) is 4.79 Å². The predicted octanol–water partition coefficient (Wildman–Crippen LogP) is 2.04. The standard InChI is InChI=1S/C9H13BrN2OS/c1-9(2,8(13)12-11-3)6-4-5-7(10)14-6/h4-5,11H,1-3H3,(H,12,13). The quantitative estimate of drug-likeness (QED) is 0.830. The van der Waals surface area contributed by atoms with Crippen molar-refractivity contribution < 1.29 is 4.79 Å². The van der Waals surface area contributed by atoms with E-state index in [1.807, 2.05) is 26.0 Å². The second-order valence-electron chi connectivity index (χ2n) is 3.43. The van der Waals surface area contributed by atoms with Crippen LogP contribution in [0.5, 0.6) is 0 Å². The molecule has 0 atom stereocenters. The first-order valence-corrected chi connectivity index (χ1v) is 5.82. The Morgan fingerprint density at radius 1 is 1.50 bits per heavy atom. The van der Waals surface area contributed by atoms with Crippen molar-refractivity contribution in [3.63, 3.8) is 0 Å². The van der Waals surface area contributed by atoms with E-state index in [4.69, 9.17) is 0 Å². The van der Waals surface area contributed by atoms with Crippen LogP contribution in [-0.4, -0.2) is 13.0 Å². The van der Waals surface area contributed by atoms with Gasteiger partial charge in [0.1, 0.15) is 0 Å². The van der Waals surface area contributed by atoms with E-state index in [0.717, 1.165) is 8.66 Å². The molecule has 0 radical (unpaired) electrons. The first-order valence-electron chi connectivity index (χ1n) is 4.21. The van der Waals surface area contributed by atoms with E-state index in [-0.39, 0.29) is 5.91 Å². The highest BCUT2D eigenvalue weighted by atomic mass is 79.9. The molecule has 78 valence electrons. The molecule has 0 aliphatic heterocycles. The lowest BCUT2D eigenvalue weighted by molar-refractivity contribution is -0.126. The summed E-state index contributed by atoms with van der Waals surface area (Å²) >= 11 is 4.96. The minimum Gasteiger partial charge on any atom is -0.291 e. The van der Waals surface area contributed by atoms with Gasteiger partial charge in [-0.15, -0.1) is 11.3 Å². The van der Waals surface area contributed by atoms with Crippen molar-refractivity contribution >= 4 is 33.2 Å². The van der Waals surface area contributed by atoms with Crippen molar-refractivity contribution in [3.8, 4) is 0 Å². The second kappa shape index (κ2) is 4.42. The zero-order chi connectivity index (χ0) is 10.8. The van der Waals surface area contributed by atoms with Crippen LogP contribution in [0.15, 0.2) is 15.9 Å². The first-order chi connectivity index (χ1) is 6.48. The van der Waals surface area contributed by atoms with Crippen LogP contribution in [0.2, 0.25) is 0 Å². The molecule has 3 nitrogen and oxygen atoms in total. The van der Waals surface area contributed by atoms with Crippen molar-refractivity contribution in [3.05, 3.63) is 20.8 Å². The third-order valence-corrected chi connectivity index (χ3v) is 3.94. The number of hydrogen-bond acceptors (Lipinski definition) is 3. The third-order valence-electron chi connectivity index (χ3n) is 2.00. The average Bonchev–Trinajstić information content (AvgIpc) is 2.52. The normalized spacial score (nSPS) is 11.4. The van der Waals surface area contributed by atoms with Crippen LogP contribution < -0.4 is 10.9 Å². The van der Waals surface area contributed by atoms with Crippen LogP contribution in [0, 0.1) is 0 Å². The van der Waals surface area contributed by atoms with Crippen molar-refractivity contribution in [1.82, 2.24) is 10.9 Å². The highest BCUT2D eigenvalue weighted by Crippen LogP contribution is 2.32. The van der Waals surface area contributed by atoms with Crippen molar-refractivity contribution in [1.29, 1.82) is 0 Å². The van der Waals surface area contributed by atoms with E-state index in [1.165, 1.54) is 0 Å². The summed E-state index contributed by atoms with van der Waals surface area (Å²) in [6, 6.07) is 3.92. The largest absolute Gasteiger partial charge is 0.291 e. The van der Waals surface area contributed by atoms with Crippen LogP contribution in [0.25, 0.3) is 0 Å². The van der Waals surface area contributed by atoms with Gasteiger partial charge in [-0.3, -0.25) is 10.2 Å². The number of hydrogen-bond donors (Lipinski definition) is 2. The molecule has 0 spiro atoms. The number of rotatable bonds is 3. The Morgan fingerprint density at radius 2 is 2.14 bits per heavy atom. The van der Waals surface area contributed by atoms with Gasteiger partial charge in [0.05, 0.1) is 9.20 Å². The Labute approximate surface area is 96.0 Å². The number of hydrazine groups is 1. The van der Waals surface area contributed by atoms with Gasteiger partial charge in [0.25, 0.3) is 0 Å². The number of amides is 1. The molecule has 0 unspecified atom stereocenters. The highest BCUT2D eigenvalue weighted by Gasteiger charge is 2.30. The second-order valence-corrected chi connectivity index (χ2v) is 5.90.